The Morgan fingerprint density at radius 1 is 1.17 bits per heavy atom. The topological polar surface area (TPSA) is 52.6 Å². The Morgan fingerprint density at radius 2 is 1.93 bits per heavy atom. The van der Waals surface area contributed by atoms with Crippen LogP contribution in [0.3, 0.4) is 0 Å². The van der Waals surface area contributed by atoms with Gasteiger partial charge in [0.05, 0.1) is 30.0 Å². The van der Waals surface area contributed by atoms with Crippen molar-refractivity contribution in [3.63, 3.8) is 0 Å². The fraction of sp³-hybridized carbons (Fsp3) is 0.190. The van der Waals surface area contributed by atoms with Crippen LogP contribution in [0.4, 0.5) is 24.5 Å². The Balaban J connectivity index is 1.57. The third-order valence-corrected chi connectivity index (χ3v) is 6.40. The third kappa shape index (κ3) is 4.19. The van der Waals surface area contributed by atoms with Crippen LogP contribution in [0.25, 0.3) is 0 Å². The molecular weight excluding hydrogens is 528 g/mol. The molecule has 1 saturated heterocycles. The van der Waals surface area contributed by atoms with E-state index in [0.29, 0.717) is 9.99 Å². The van der Waals surface area contributed by atoms with Gasteiger partial charge in [0, 0.05) is 14.9 Å². The lowest BCUT2D eigenvalue weighted by molar-refractivity contribution is -0.0794. The molecule has 0 bridgehead atoms. The number of halogens is 4. The van der Waals surface area contributed by atoms with Crippen LogP contribution in [-0.2, 0) is 6.42 Å². The van der Waals surface area contributed by atoms with E-state index in [4.69, 9.17) is 0 Å². The number of amides is 1. The monoisotopic (exact) mass is 544 g/mol. The molecule has 0 aliphatic carbocycles. The number of rotatable bonds is 5. The predicted molar refractivity (Wildman–Crippen MR) is 118 cm³/mol. The highest BCUT2D eigenvalue weighted by atomic mass is 127. The molecule has 0 atom stereocenters. The minimum atomic E-state index is -1.27. The molecule has 156 valence electrons. The first-order valence-electron chi connectivity index (χ1n) is 9.00. The summed E-state index contributed by atoms with van der Waals surface area (Å²) >= 11 is 3.44. The average molecular weight is 544 g/mol. The molecule has 30 heavy (non-hydrogen) atoms. The van der Waals surface area contributed by atoms with E-state index in [-0.39, 0.29) is 24.3 Å². The number of hydrogen-bond donors (Lipinski definition) is 2. The zero-order chi connectivity index (χ0) is 21.5. The molecule has 0 spiro atoms. The Hall–Kier alpha value is -2.11. The third-order valence-electron chi connectivity index (χ3n) is 4.86. The van der Waals surface area contributed by atoms with Gasteiger partial charge in [0.2, 0.25) is 0 Å². The van der Waals surface area contributed by atoms with E-state index in [0.717, 1.165) is 17.0 Å². The van der Waals surface area contributed by atoms with E-state index in [1.807, 2.05) is 40.1 Å². The van der Waals surface area contributed by atoms with E-state index >= 15 is 0 Å². The van der Waals surface area contributed by atoms with E-state index in [9.17, 15) is 23.1 Å². The van der Waals surface area contributed by atoms with Gasteiger partial charge < -0.3 is 15.3 Å². The molecule has 9 heteroatoms. The number of carbonyl (C=O) groups excluding carboxylic acids is 1. The second-order valence-corrected chi connectivity index (χ2v) is 9.45. The fourth-order valence-corrected chi connectivity index (χ4v) is 4.70. The highest BCUT2D eigenvalue weighted by Gasteiger charge is 2.44. The van der Waals surface area contributed by atoms with Gasteiger partial charge in [-0.15, -0.1) is 11.3 Å². The number of nitrogens with zero attached hydrogens (tertiary/aromatic N) is 1. The summed E-state index contributed by atoms with van der Waals surface area (Å²) in [6, 6.07) is 10.0. The molecule has 1 fully saturated rings. The van der Waals surface area contributed by atoms with Crippen LogP contribution >= 0.6 is 33.9 Å². The van der Waals surface area contributed by atoms with Gasteiger partial charge in [0.25, 0.3) is 5.91 Å². The number of carbonyl (C=O) groups is 1. The molecule has 3 aromatic rings. The number of benzene rings is 2. The fourth-order valence-electron chi connectivity index (χ4n) is 3.40. The van der Waals surface area contributed by atoms with Gasteiger partial charge >= 0.3 is 0 Å². The van der Waals surface area contributed by atoms with Crippen LogP contribution in [0.2, 0.25) is 0 Å². The maximum absolute atomic E-state index is 14.5. The second-order valence-electron chi connectivity index (χ2n) is 7.17. The van der Waals surface area contributed by atoms with E-state index in [1.54, 1.807) is 6.07 Å². The van der Waals surface area contributed by atoms with Crippen molar-refractivity contribution < 1.29 is 23.1 Å². The number of nitrogens with one attached hydrogen (secondary N) is 1. The SMILES string of the molecule is O=C(c1ccc(F)c(F)c1Nc1ccc(I)cc1F)N1CC(O)(Cc2cccs2)C1. The highest BCUT2D eigenvalue weighted by molar-refractivity contribution is 14.1. The van der Waals surface area contributed by atoms with E-state index < -0.39 is 34.6 Å². The molecule has 1 aromatic heterocycles. The van der Waals surface area contributed by atoms with Crippen LogP contribution in [0.1, 0.15) is 15.2 Å². The molecule has 1 aliphatic heterocycles. The Bertz CT molecular complexity index is 1100. The summed E-state index contributed by atoms with van der Waals surface area (Å²) in [5.41, 5.74) is -1.71. The minimum absolute atomic E-state index is 0.0695. The molecule has 2 aromatic carbocycles. The van der Waals surface area contributed by atoms with Crippen molar-refractivity contribution in [3.8, 4) is 0 Å². The molecule has 4 nitrogen and oxygen atoms in total. The molecule has 0 unspecified atom stereocenters. The zero-order valence-corrected chi connectivity index (χ0v) is 18.4. The molecule has 0 radical (unpaired) electrons. The Labute approximate surface area is 188 Å². The highest BCUT2D eigenvalue weighted by Crippen LogP contribution is 2.33. The standard InChI is InChI=1S/C21H16F3IN2O2S/c22-15-5-4-14(19(18(15)24)26-17-6-3-12(25)8-16(17)23)20(28)27-10-21(29,11-27)9-13-2-1-7-30-13/h1-8,26,29H,9-11H2. The molecule has 2 N–H and O–H groups in total. The summed E-state index contributed by atoms with van der Waals surface area (Å²) in [5.74, 6) is -3.65. The molecule has 2 heterocycles. The zero-order valence-electron chi connectivity index (χ0n) is 15.5. The largest absolute Gasteiger partial charge is 0.386 e. The minimum Gasteiger partial charge on any atom is -0.386 e. The number of aliphatic hydroxyl groups is 1. The smallest absolute Gasteiger partial charge is 0.256 e. The van der Waals surface area contributed by atoms with E-state index in [2.05, 4.69) is 5.32 Å². The van der Waals surface area contributed by atoms with Crippen molar-refractivity contribution in [3.05, 3.63) is 79.3 Å². The maximum atomic E-state index is 14.5. The molecule has 1 amide bonds. The molecule has 4 rings (SSSR count). The lowest BCUT2D eigenvalue weighted by atomic mass is 9.89. The molecule has 0 saturated carbocycles. The predicted octanol–water partition coefficient (Wildman–Crippen LogP) is 4.94. The first-order chi connectivity index (χ1) is 14.3. The van der Waals surface area contributed by atoms with Crippen molar-refractivity contribution in [1.82, 2.24) is 4.90 Å². The lowest BCUT2D eigenvalue weighted by Gasteiger charge is -2.46. The summed E-state index contributed by atoms with van der Waals surface area (Å²) in [6.45, 7) is 0.139. The van der Waals surface area contributed by atoms with Gasteiger partial charge in [-0.1, -0.05) is 6.07 Å². The van der Waals surface area contributed by atoms with Crippen molar-refractivity contribution in [2.24, 2.45) is 0 Å². The lowest BCUT2D eigenvalue weighted by Crippen LogP contribution is -2.64. The first-order valence-corrected chi connectivity index (χ1v) is 11.0. The summed E-state index contributed by atoms with van der Waals surface area (Å²) in [6.07, 6.45) is 0.408. The van der Waals surface area contributed by atoms with E-state index in [1.165, 1.54) is 28.4 Å². The summed E-state index contributed by atoms with van der Waals surface area (Å²) < 4.78 is 43.2. The van der Waals surface area contributed by atoms with Crippen LogP contribution in [0, 0.1) is 21.0 Å². The van der Waals surface area contributed by atoms with Crippen molar-refractivity contribution in [2.75, 3.05) is 18.4 Å². The van der Waals surface area contributed by atoms with Crippen molar-refractivity contribution >= 4 is 51.2 Å². The van der Waals surface area contributed by atoms with Gasteiger partial charge in [0.15, 0.2) is 11.6 Å². The molecule has 1 aliphatic rings. The number of thiophene rings is 1. The number of anilines is 2. The summed E-state index contributed by atoms with van der Waals surface area (Å²) in [7, 11) is 0. The number of likely N-dealkylation sites (tertiary alicyclic amines) is 1. The van der Waals surface area contributed by atoms with Gasteiger partial charge in [-0.25, -0.2) is 13.2 Å². The number of β-amino-alcohol motifs (C(OH)–C–C–N with tert-alkyl or cyclic N) is 1. The average Bonchev–Trinajstić information content (AvgIpc) is 3.17. The van der Waals surface area contributed by atoms with Crippen LogP contribution in [0.15, 0.2) is 47.8 Å². The van der Waals surface area contributed by atoms with Crippen LogP contribution in [-0.4, -0.2) is 34.6 Å². The van der Waals surface area contributed by atoms with Gasteiger partial charge in [0.1, 0.15) is 11.4 Å². The van der Waals surface area contributed by atoms with Gasteiger partial charge in [-0.05, 0) is 64.4 Å². The second kappa shape index (κ2) is 8.20. The Kier molecular flexibility index (Phi) is 5.78. The van der Waals surface area contributed by atoms with Crippen molar-refractivity contribution in [2.45, 2.75) is 12.0 Å². The Morgan fingerprint density at radius 3 is 2.60 bits per heavy atom. The molecular formula is C21H16F3IN2O2S. The maximum Gasteiger partial charge on any atom is 0.256 e. The van der Waals surface area contributed by atoms with Crippen LogP contribution in [0.5, 0.6) is 0 Å². The van der Waals surface area contributed by atoms with Gasteiger partial charge in [-0.3, -0.25) is 4.79 Å². The summed E-state index contributed by atoms with van der Waals surface area (Å²) in [4.78, 5) is 15.3. The van der Waals surface area contributed by atoms with Crippen LogP contribution < -0.4 is 5.32 Å². The van der Waals surface area contributed by atoms with Crippen molar-refractivity contribution in [1.29, 1.82) is 0 Å². The summed E-state index contributed by atoms with van der Waals surface area (Å²) in [5, 5.41) is 15.0. The quantitative estimate of drug-likeness (QED) is 0.448. The van der Waals surface area contributed by atoms with Gasteiger partial charge in [-0.2, -0.15) is 0 Å². The number of hydrogen-bond acceptors (Lipinski definition) is 4. The normalized spacial score (nSPS) is 15.0. The first kappa shape index (κ1) is 21.1.